The molecule has 0 aliphatic carbocycles. The second-order valence-corrected chi connectivity index (χ2v) is 12.8. The van der Waals surface area contributed by atoms with Crippen molar-refractivity contribution < 1.29 is 14.4 Å². The van der Waals surface area contributed by atoms with Crippen molar-refractivity contribution in [2.45, 2.75) is 24.0 Å². The number of thioether (sulfide) groups is 1. The highest BCUT2D eigenvalue weighted by Gasteiger charge is 2.23. The third-order valence-electron chi connectivity index (χ3n) is 8.00. The van der Waals surface area contributed by atoms with Gasteiger partial charge in [0, 0.05) is 21.8 Å². The molecule has 6 rings (SSSR count). The van der Waals surface area contributed by atoms with Gasteiger partial charge in [-0.3, -0.25) is 14.4 Å². The second-order valence-electron chi connectivity index (χ2n) is 11.6. The first-order valence-corrected chi connectivity index (χ1v) is 16.8. The Labute approximate surface area is 290 Å². The minimum absolute atomic E-state index is 0.107. The van der Waals surface area contributed by atoms with Crippen LogP contribution in [0.3, 0.4) is 0 Å². The molecule has 6 aromatic carbocycles. The molecule has 49 heavy (non-hydrogen) atoms. The average Bonchev–Trinajstić information content (AvgIpc) is 3.13. The van der Waals surface area contributed by atoms with E-state index in [1.54, 1.807) is 42.5 Å². The Morgan fingerprint density at radius 3 is 2.08 bits per heavy atom. The molecule has 0 heterocycles. The number of anilines is 2. The van der Waals surface area contributed by atoms with E-state index in [0.29, 0.717) is 11.3 Å². The fourth-order valence-corrected chi connectivity index (χ4v) is 6.50. The number of aryl methyl sites for hydroxylation is 2. The lowest BCUT2D eigenvalue weighted by Crippen LogP contribution is -2.30. The fourth-order valence-electron chi connectivity index (χ4n) is 5.48. The van der Waals surface area contributed by atoms with Gasteiger partial charge >= 0.3 is 0 Å². The second kappa shape index (κ2) is 15.3. The number of carbonyl (C=O) groups is 3. The Morgan fingerprint density at radius 1 is 0.673 bits per heavy atom. The average molecular weight is 662 g/mol. The topological polar surface area (TPSA) is 87.3 Å². The molecule has 0 aromatic heterocycles. The van der Waals surface area contributed by atoms with E-state index < -0.39 is 11.2 Å². The van der Waals surface area contributed by atoms with Gasteiger partial charge < -0.3 is 16.0 Å². The number of fused-ring (bicyclic) bond motifs is 1. The molecule has 242 valence electrons. The smallest absolute Gasteiger partial charge is 0.272 e. The van der Waals surface area contributed by atoms with Crippen molar-refractivity contribution in [2.75, 3.05) is 10.6 Å². The van der Waals surface area contributed by atoms with Crippen LogP contribution in [0.1, 0.15) is 37.9 Å². The molecular formula is C42H35N3O3S. The van der Waals surface area contributed by atoms with E-state index in [1.807, 2.05) is 123 Å². The van der Waals surface area contributed by atoms with Crippen LogP contribution in [-0.4, -0.2) is 17.7 Å². The van der Waals surface area contributed by atoms with Crippen LogP contribution < -0.4 is 16.0 Å². The highest BCUT2D eigenvalue weighted by atomic mass is 32.2. The first-order valence-electron chi connectivity index (χ1n) is 15.9. The molecule has 0 bridgehead atoms. The van der Waals surface area contributed by atoms with Crippen molar-refractivity contribution in [3.63, 3.8) is 0 Å². The van der Waals surface area contributed by atoms with Crippen LogP contribution in [0.25, 0.3) is 16.8 Å². The molecule has 0 spiro atoms. The van der Waals surface area contributed by atoms with E-state index >= 15 is 0 Å². The molecule has 0 radical (unpaired) electrons. The molecule has 6 aromatic rings. The summed E-state index contributed by atoms with van der Waals surface area (Å²) in [5.74, 6) is -0.981. The monoisotopic (exact) mass is 661 g/mol. The summed E-state index contributed by atoms with van der Waals surface area (Å²) in [6, 6.07) is 45.5. The van der Waals surface area contributed by atoms with Gasteiger partial charge in [0.15, 0.2) is 0 Å². The van der Waals surface area contributed by atoms with E-state index in [9.17, 15) is 14.4 Å². The third-order valence-corrected chi connectivity index (χ3v) is 9.26. The SMILES string of the molecule is Cc1ccc(NC(=O)C(Sc2ccc(NC(=O)/C(=C/c3cccc4ccccc34)NC(=O)c3ccccc3)cc2)c2ccccc2)c(C)c1. The zero-order valence-corrected chi connectivity index (χ0v) is 28.0. The first kappa shape index (κ1) is 33.0. The Balaban J connectivity index is 1.22. The Hall–Kier alpha value is -5.92. The van der Waals surface area contributed by atoms with Crippen LogP contribution >= 0.6 is 11.8 Å². The predicted molar refractivity (Wildman–Crippen MR) is 200 cm³/mol. The summed E-state index contributed by atoms with van der Waals surface area (Å²) in [5.41, 5.74) is 5.68. The third kappa shape index (κ3) is 8.33. The molecule has 0 saturated carbocycles. The maximum Gasteiger partial charge on any atom is 0.272 e. The minimum atomic E-state index is -0.509. The van der Waals surface area contributed by atoms with Crippen LogP contribution in [0, 0.1) is 13.8 Å². The number of hydrogen-bond donors (Lipinski definition) is 3. The lowest BCUT2D eigenvalue weighted by Gasteiger charge is -2.18. The molecule has 0 aliphatic heterocycles. The highest BCUT2D eigenvalue weighted by molar-refractivity contribution is 8.00. The molecule has 0 fully saturated rings. The molecule has 1 unspecified atom stereocenters. The Morgan fingerprint density at radius 2 is 1.35 bits per heavy atom. The Kier molecular flexibility index (Phi) is 10.3. The van der Waals surface area contributed by atoms with Gasteiger partial charge in [0.05, 0.1) is 0 Å². The van der Waals surface area contributed by atoms with Gasteiger partial charge in [0.1, 0.15) is 10.9 Å². The Bertz CT molecular complexity index is 2140. The largest absolute Gasteiger partial charge is 0.325 e. The number of nitrogens with one attached hydrogen (secondary N) is 3. The number of hydrogen-bond acceptors (Lipinski definition) is 4. The zero-order chi connectivity index (χ0) is 34.2. The molecule has 0 saturated heterocycles. The summed E-state index contributed by atoms with van der Waals surface area (Å²) in [5, 5.41) is 10.3. The van der Waals surface area contributed by atoms with Gasteiger partial charge in [-0.2, -0.15) is 0 Å². The predicted octanol–water partition coefficient (Wildman–Crippen LogP) is 9.34. The summed E-state index contributed by atoms with van der Waals surface area (Å²) in [4.78, 5) is 41.4. The lowest BCUT2D eigenvalue weighted by molar-refractivity contribution is -0.116. The summed E-state index contributed by atoms with van der Waals surface area (Å²) < 4.78 is 0. The van der Waals surface area contributed by atoms with E-state index in [-0.39, 0.29) is 17.5 Å². The standard InChI is InChI=1S/C42H35N3O3S/c1-28-20-25-37(29(2)26-28)44-42(48)39(31-13-5-3-6-14-31)49-35-23-21-34(22-24-35)43-41(47)38(45-40(46)32-15-7-4-8-16-32)27-33-18-11-17-30-12-9-10-19-36(30)33/h3-27,39H,1-2H3,(H,43,47)(H,44,48)(H,45,46)/b38-27-. The lowest BCUT2D eigenvalue weighted by atomic mass is 10.0. The summed E-state index contributed by atoms with van der Waals surface area (Å²) in [6.45, 7) is 4.01. The summed E-state index contributed by atoms with van der Waals surface area (Å²) >= 11 is 1.43. The van der Waals surface area contributed by atoms with E-state index in [0.717, 1.165) is 43.6 Å². The number of rotatable bonds is 10. The van der Waals surface area contributed by atoms with Gasteiger partial charge in [-0.05, 0) is 89.9 Å². The molecule has 3 amide bonds. The van der Waals surface area contributed by atoms with Crippen molar-refractivity contribution in [3.05, 3.63) is 179 Å². The van der Waals surface area contributed by atoms with Crippen molar-refractivity contribution >= 4 is 57.7 Å². The van der Waals surface area contributed by atoms with Crippen molar-refractivity contribution in [1.29, 1.82) is 0 Å². The van der Waals surface area contributed by atoms with Crippen LogP contribution in [0.15, 0.2) is 156 Å². The number of amides is 3. The van der Waals surface area contributed by atoms with E-state index in [1.165, 1.54) is 11.8 Å². The fraction of sp³-hybridized carbons (Fsp3) is 0.0714. The maximum absolute atomic E-state index is 13.7. The molecule has 0 aliphatic rings. The first-order chi connectivity index (χ1) is 23.8. The molecule has 7 heteroatoms. The van der Waals surface area contributed by atoms with Gasteiger partial charge in [-0.25, -0.2) is 0 Å². The van der Waals surface area contributed by atoms with E-state index in [4.69, 9.17) is 0 Å². The van der Waals surface area contributed by atoms with Gasteiger partial charge in [0.2, 0.25) is 5.91 Å². The van der Waals surface area contributed by atoms with E-state index in [2.05, 4.69) is 16.0 Å². The van der Waals surface area contributed by atoms with Gasteiger partial charge in [-0.15, -0.1) is 11.8 Å². The number of carbonyl (C=O) groups excluding carboxylic acids is 3. The van der Waals surface area contributed by atoms with Gasteiger partial charge in [0.25, 0.3) is 11.8 Å². The highest BCUT2D eigenvalue weighted by Crippen LogP contribution is 2.37. The van der Waals surface area contributed by atoms with Crippen LogP contribution in [0.4, 0.5) is 11.4 Å². The molecule has 3 N–H and O–H groups in total. The summed E-state index contributed by atoms with van der Waals surface area (Å²) in [7, 11) is 0. The van der Waals surface area contributed by atoms with Crippen LogP contribution in [0.2, 0.25) is 0 Å². The van der Waals surface area contributed by atoms with Crippen molar-refractivity contribution in [2.24, 2.45) is 0 Å². The molecular weight excluding hydrogens is 627 g/mol. The normalized spacial score (nSPS) is 11.8. The van der Waals surface area contributed by atoms with Crippen molar-refractivity contribution in [1.82, 2.24) is 5.32 Å². The van der Waals surface area contributed by atoms with Gasteiger partial charge in [-0.1, -0.05) is 109 Å². The molecule has 6 nitrogen and oxygen atoms in total. The quantitative estimate of drug-likeness (QED) is 0.101. The minimum Gasteiger partial charge on any atom is -0.325 e. The van der Waals surface area contributed by atoms with Crippen LogP contribution in [0.5, 0.6) is 0 Å². The van der Waals surface area contributed by atoms with Crippen LogP contribution in [-0.2, 0) is 9.59 Å². The molecule has 1 atom stereocenters. The number of benzene rings is 6. The van der Waals surface area contributed by atoms with Crippen molar-refractivity contribution in [3.8, 4) is 0 Å². The zero-order valence-electron chi connectivity index (χ0n) is 27.1. The maximum atomic E-state index is 13.7. The summed E-state index contributed by atoms with van der Waals surface area (Å²) in [6.07, 6.45) is 1.70.